The molecule has 5 nitrogen and oxygen atoms in total. The highest BCUT2D eigenvalue weighted by molar-refractivity contribution is 6.30. The summed E-state index contributed by atoms with van der Waals surface area (Å²) < 4.78 is 13.7. The van der Waals surface area contributed by atoms with E-state index in [1.807, 2.05) is 18.2 Å². The van der Waals surface area contributed by atoms with E-state index in [1.54, 1.807) is 12.1 Å². The van der Waals surface area contributed by atoms with Gasteiger partial charge in [0, 0.05) is 12.1 Å². The van der Waals surface area contributed by atoms with Crippen LogP contribution in [0.25, 0.3) is 11.1 Å². The van der Waals surface area contributed by atoms with Crippen molar-refractivity contribution in [3.8, 4) is 17.2 Å². The Morgan fingerprint density at radius 3 is 2.59 bits per heavy atom. The van der Waals surface area contributed by atoms with Gasteiger partial charge >= 0.3 is 0 Å². The summed E-state index contributed by atoms with van der Waals surface area (Å²) in [6, 6.07) is 22.8. The minimum absolute atomic E-state index is 0.0596. The molecule has 34 heavy (non-hydrogen) atoms. The highest BCUT2D eigenvalue weighted by Gasteiger charge is 2.25. The number of hydrogen-bond donors (Lipinski definition) is 3. The molecule has 1 heterocycles. The van der Waals surface area contributed by atoms with Crippen LogP contribution in [0.4, 0.5) is 10.1 Å². The molecule has 0 amide bonds. The van der Waals surface area contributed by atoms with Gasteiger partial charge in [-0.3, -0.25) is 0 Å². The average molecular weight is 476 g/mol. The molecule has 0 radical (unpaired) electrons. The number of nitriles is 1. The van der Waals surface area contributed by atoms with Crippen LogP contribution in [-0.4, -0.2) is 25.5 Å². The molecule has 0 spiro atoms. The molecule has 0 bridgehead atoms. The van der Waals surface area contributed by atoms with Gasteiger partial charge < -0.3 is 16.4 Å². The van der Waals surface area contributed by atoms with Gasteiger partial charge in [0.05, 0.1) is 28.9 Å². The molecule has 0 saturated carbocycles. The van der Waals surface area contributed by atoms with Crippen molar-refractivity contribution in [1.29, 1.82) is 5.26 Å². The van der Waals surface area contributed by atoms with Crippen LogP contribution < -0.4 is 16.4 Å². The van der Waals surface area contributed by atoms with Crippen molar-refractivity contribution in [2.75, 3.05) is 19.6 Å². The molecule has 7 heteroatoms. The lowest BCUT2D eigenvalue weighted by Gasteiger charge is -2.32. The second-order valence-corrected chi connectivity index (χ2v) is 8.87. The number of rotatable bonds is 7. The summed E-state index contributed by atoms with van der Waals surface area (Å²) in [5, 5.41) is 16.2. The maximum absolute atomic E-state index is 13.7. The summed E-state index contributed by atoms with van der Waals surface area (Å²) in [4.78, 5) is 4.34. The minimum Gasteiger partial charge on any atom is -0.386 e. The Hall–Kier alpha value is -3.24. The van der Waals surface area contributed by atoms with Gasteiger partial charge in [-0.05, 0) is 72.8 Å². The van der Waals surface area contributed by atoms with Gasteiger partial charge in [0.2, 0.25) is 0 Å². The van der Waals surface area contributed by atoms with Crippen molar-refractivity contribution < 1.29 is 4.39 Å². The van der Waals surface area contributed by atoms with Crippen molar-refractivity contribution >= 4 is 23.1 Å². The molecular weight excluding hydrogens is 449 g/mol. The highest BCUT2D eigenvalue weighted by atomic mass is 35.5. The number of aliphatic imine (C=N–C) groups is 1. The van der Waals surface area contributed by atoms with Gasteiger partial charge in [0.25, 0.3) is 0 Å². The Morgan fingerprint density at radius 1 is 1.12 bits per heavy atom. The summed E-state index contributed by atoms with van der Waals surface area (Å²) >= 11 is 5.75. The van der Waals surface area contributed by atoms with Gasteiger partial charge in [-0.1, -0.05) is 48.0 Å². The normalized spacial score (nSPS) is 15.6. The molecule has 1 saturated heterocycles. The van der Waals surface area contributed by atoms with Gasteiger partial charge in [-0.2, -0.15) is 5.26 Å². The monoisotopic (exact) mass is 475 g/mol. The standard InChI is InChI=1S/C27H27ClFN5/c28-24-9-8-23(15-25(24)29)34-26(31)17-33-27(21-10-12-32-13-11-21)20-6-4-19(5-7-20)22-3-1-2-18(14-22)16-30/h1-9,14-15,21,27,32-33H,10-13,17H2,(H2,31,34). The minimum atomic E-state index is -0.517. The maximum Gasteiger partial charge on any atom is 0.143 e. The first-order chi connectivity index (χ1) is 16.5. The molecule has 4 N–H and O–H groups in total. The molecule has 0 aromatic heterocycles. The van der Waals surface area contributed by atoms with Crippen LogP contribution in [0, 0.1) is 23.1 Å². The van der Waals surface area contributed by atoms with E-state index in [4.69, 9.17) is 17.3 Å². The molecule has 1 aliphatic heterocycles. The Bertz CT molecular complexity index is 1200. The summed E-state index contributed by atoms with van der Waals surface area (Å²) in [5.41, 5.74) is 10.5. The Labute approximate surface area is 204 Å². The second-order valence-electron chi connectivity index (χ2n) is 8.46. The Kier molecular flexibility index (Phi) is 7.91. The van der Waals surface area contributed by atoms with Crippen LogP contribution >= 0.6 is 11.6 Å². The van der Waals surface area contributed by atoms with Gasteiger partial charge in [-0.25, -0.2) is 9.38 Å². The van der Waals surface area contributed by atoms with E-state index < -0.39 is 5.82 Å². The van der Waals surface area contributed by atoms with Crippen molar-refractivity contribution in [3.05, 3.63) is 88.7 Å². The van der Waals surface area contributed by atoms with Crippen molar-refractivity contribution in [1.82, 2.24) is 10.6 Å². The number of nitrogens with one attached hydrogen (secondary N) is 2. The lowest BCUT2D eigenvalue weighted by Crippen LogP contribution is -2.39. The first-order valence-electron chi connectivity index (χ1n) is 11.4. The van der Waals surface area contributed by atoms with Crippen LogP contribution in [0.15, 0.2) is 71.7 Å². The molecule has 1 fully saturated rings. The fourth-order valence-corrected chi connectivity index (χ4v) is 4.48. The Balaban J connectivity index is 1.52. The van der Waals surface area contributed by atoms with Gasteiger partial charge in [-0.15, -0.1) is 0 Å². The number of halogens is 2. The predicted octanol–water partition coefficient (Wildman–Crippen LogP) is 5.34. The van der Waals surface area contributed by atoms with Crippen LogP contribution in [-0.2, 0) is 0 Å². The number of nitrogens with zero attached hydrogens (tertiary/aromatic N) is 2. The third-order valence-corrected chi connectivity index (χ3v) is 6.44. The zero-order chi connectivity index (χ0) is 23.9. The first-order valence-corrected chi connectivity index (χ1v) is 11.7. The van der Waals surface area contributed by atoms with E-state index in [2.05, 4.69) is 46.0 Å². The van der Waals surface area contributed by atoms with Crippen LogP contribution in [0.5, 0.6) is 0 Å². The average Bonchev–Trinajstić information content (AvgIpc) is 2.87. The SMILES string of the molecule is N#Cc1cccc(-c2ccc(C(NCC(N)=Nc3ccc(Cl)c(F)c3)C3CCNCC3)cc2)c1. The second kappa shape index (κ2) is 11.3. The lowest BCUT2D eigenvalue weighted by atomic mass is 9.85. The number of benzene rings is 3. The van der Waals surface area contributed by atoms with E-state index in [9.17, 15) is 9.65 Å². The van der Waals surface area contributed by atoms with E-state index >= 15 is 0 Å². The molecule has 1 aliphatic rings. The van der Waals surface area contributed by atoms with E-state index in [0.29, 0.717) is 29.5 Å². The largest absolute Gasteiger partial charge is 0.386 e. The summed E-state index contributed by atoms with van der Waals surface area (Å²) in [6.45, 7) is 2.34. The smallest absolute Gasteiger partial charge is 0.143 e. The molecule has 174 valence electrons. The maximum atomic E-state index is 13.7. The number of nitrogens with two attached hydrogens (primary N) is 1. The van der Waals surface area contributed by atoms with Crippen molar-refractivity contribution in [2.24, 2.45) is 16.6 Å². The molecular formula is C27H27ClFN5. The number of amidine groups is 1. The highest BCUT2D eigenvalue weighted by Crippen LogP contribution is 2.31. The van der Waals surface area contributed by atoms with Gasteiger partial charge in [0.1, 0.15) is 11.7 Å². The molecule has 4 rings (SSSR count). The molecule has 3 aromatic carbocycles. The van der Waals surface area contributed by atoms with E-state index in [1.165, 1.54) is 17.7 Å². The summed E-state index contributed by atoms with van der Waals surface area (Å²) in [5.74, 6) is 0.317. The molecule has 0 aliphatic carbocycles. The van der Waals surface area contributed by atoms with E-state index in [-0.39, 0.29) is 11.1 Å². The van der Waals surface area contributed by atoms with Crippen LogP contribution in [0.2, 0.25) is 5.02 Å². The lowest BCUT2D eigenvalue weighted by molar-refractivity contribution is 0.290. The predicted molar refractivity (Wildman–Crippen MR) is 136 cm³/mol. The number of piperidine rings is 1. The van der Waals surface area contributed by atoms with Gasteiger partial charge in [0.15, 0.2) is 0 Å². The zero-order valence-electron chi connectivity index (χ0n) is 18.8. The first kappa shape index (κ1) is 23.9. The van der Waals surface area contributed by atoms with Crippen LogP contribution in [0.3, 0.4) is 0 Å². The number of hydrogen-bond acceptors (Lipinski definition) is 4. The fourth-order valence-electron chi connectivity index (χ4n) is 4.36. The molecule has 3 aromatic rings. The molecule has 1 atom stereocenters. The third kappa shape index (κ3) is 6.00. The van der Waals surface area contributed by atoms with Crippen LogP contribution in [0.1, 0.15) is 30.0 Å². The zero-order valence-corrected chi connectivity index (χ0v) is 19.5. The Morgan fingerprint density at radius 2 is 1.88 bits per heavy atom. The van der Waals surface area contributed by atoms with Crippen molar-refractivity contribution in [3.63, 3.8) is 0 Å². The van der Waals surface area contributed by atoms with Crippen molar-refractivity contribution in [2.45, 2.75) is 18.9 Å². The van der Waals surface area contributed by atoms with E-state index in [0.717, 1.165) is 37.1 Å². The summed E-state index contributed by atoms with van der Waals surface area (Å²) in [7, 11) is 0. The topological polar surface area (TPSA) is 86.2 Å². The fraction of sp³-hybridized carbons (Fsp3) is 0.259. The summed E-state index contributed by atoms with van der Waals surface area (Å²) in [6.07, 6.45) is 2.12. The quantitative estimate of drug-likeness (QED) is 0.318. The third-order valence-electron chi connectivity index (χ3n) is 6.13. The molecule has 1 unspecified atom stereocenters.